The van der Waals surface area contributed by atoms with E-state index in [9.17, 15) is 0 Å². The smallest absolute Gasteiger partial charge is 0.134 e. The van der Waals surface area contributed by atoms with Gasteiger partial charge in [0.2, 0.25) is 0 Å². The molecule has 0 bridgehead atoms. The zero-order chi connectivity index (χ0) is 11.7. The summed E-state index contributed by atoms with van der Waals surface area (Å²) in [5.41, 5.74) is 2.11. The van der Waals surface area contributed by atoms with Crippen molar-refractivity contribution >= 4 is 15.9 Å². The highest BCUT2D eigenvalue weighted by Gasteiger charge is 2.21. The van der Waals surface area contributed by atoms with E-state index in [1.165, 1.54) is 0 Å². The van der Waals surface area contributed by atoms with Gasteiger partial charge >= 0.3 is 0 Å². The van der Waals surface area contributed by atoms with E-state index in [0.717, 1.165) is 34.6 Å². The third-order valence-corrected chi connectivity index (χ3v) is 3.43. The molecule has 2 heterocycles. The third-order valence-electron chi connectivity index (χ3n) is 2.94. The summed E-state index contributed by atoms with van der Waals surface area (Å²) in [6.07, 6.45) is 1.84. The molecule has 0 spiro atoms. The van der Waals surface area contributed by atoms with Crippen LogP contribution in [0.1, 0.15) is 11.7 Å². The van der Waals surface area contributed by atoms with Crippen molar-refractivity contribution < 1.29 is 0 Å². The zero-order valence-corrected chi connectivity index (χ0v) is 10.8. The molecule has 0 radical (unpaired) electrons. The van der Waals surface area contributed by atoms with Crippen LogP contribution in [0.3, 0.4) is 0 Å². The summed E-state index contributed by atoms with van der Waals surface area (Å²) in [5.74, 6) is 1.42. The molecule has 3 nitrogen and oxygen atoms in total. The molecule has 17 heavy (non-hydrogen) atoms. The van der Waals surface area contributed by atoms with Crippen molar-refractivity contribution in [3.8, 4) is 11.3 Å². The lowest BCUT2D eigenvalue weighted by atomic mass is 10.0. The quantitative estimate of drug-likeness (QED) is 0.924. The van der Waals surface area contributed by atoms with Gasteiger partial charge in [0.25, 0.3) is 0 Å². The van der Waals surface area contributed by atoms with Crippen molar-refractivity contribution in [2.45, 2.75) is 5.92 Å². The van der Waals surface area contributed by atoms with E-state index in [1.807, 2.05) is 24.4 Å². The Morgan fingerprint density at radius 3 is 2.82 bits per heavy atom. The van der Waals surface area contributed by atoms with Crippen LogP contribution >= 0.6 is 15.9 Å². The van der Waals surface area contributed by atoms with Crippen molar-refractivity contribution in [3.05, 3.63) is 46.8 Å². The first kappa shape index (κ1) is 10.9. The molecule has 1 aliphatic rings. The largest absolute Gasteiger partial charge is 0.315 e. The van der Waals surface area contributed by atoms with Crippen LogP contribution in [-0.2, 0) is 0 Å². The number of rotatable bonds is 2. The third kappa shape index (κ3) is 2.23. The number of benzene rings is 1. The predicted molar refractivity (Wildman–Crippen MR) is 70.8 cm³/mol. The first-order chi connectivity index (χ1) is 8.33. The van der Waals surface area contributed by atoms with Crippen LogP contribution in [-0.4, -0.2) is 23.1 Å². The van der Waals surface area contributed by atoms with E-state index in [1.54, 1.807) is 0 Å². The Morgan fingerprint density at radius 2 is 2.12 bits per heavy atom. The van der Waals surface area contributed by atoms with E-state index in [0.29, 0.717) is 5.92 Å². The van der Waals surface area contributed by atoms with Crippen molar-refractivity contribution in [2.24, 2.45) is 0 Å². The van der Waals surface area contributed by atoms with Crippen molar-refractivity contribution in [1.29, 1.82) is 0 Å². The molecule has 0 unspecified atom stereocenters. The number of nitrogens with zero attached hydrogens (tertiary/aromatic N) is 2. The molecule has 4 heteroatoms. The summed E-state index contributed by atoms with van der Waals surface area (Å²) < 4.78 is 1.07. The summed E-state index contributed by atoms with van der Waals surface area (Å²) in [5, 5.41) is 3.24. The molecule has 1 aromatic carbocycles. The minimum atomic E-state index is 0.474. The van der Waals surface area contributed by atoms with Crippen LogP contribution < -0.4 is 5.32 Å². The molecule has 1 aromatic heterocycles. The molecule has 86 valence electrons. The first-order valence-electron chi connectivity index (χ1n) is 5.62. The van der Waals surface area contributed by atoms with Crippen molar-refractivity contribution in [3.63, 3.8) is 0 Å². The zero-order valence-electron chi connectivity index (χ0n) is 9.23. The second-order valence-electron chi connectivity index (χ2n) is 4.17. The lowest BCUT2D eigenvalue weighted by molar-refractivity contribution is 0.430. The maximum absolute atomic E-state index is 4.63. The van der Waals surface area contributed by atoms with Gasteiger partial charge in [-0.3, -0.25) is 0 Å². The summed E-state index contributed by atoms with van der Waals surface area (Å²) in [6, 6.07) is 10.1. The molecule has 1 N–H and O–H groups in total. The minimum absolute atomic E-state index is 0.474. The molecule has 0 amide bonds. The summed E-state index contributed by atoms with van der Waals surface area (Å²) in [7, 11) is 0. The fraction of sp³-hybridized carbons (Fsp3) is 0.231. The standard InChI is InChI=1S/C13H12BrN3/c14-11-3-1-2-9(6-11)12-4-5-16-13(17-12)10-7-15-8-10/h1-6,10,15H,7-8H2. The van der Waals surface area contributed by atoms with Crippen molar-refractivity contribution in [1.82, 2.24) is 15.3 Å². The van der Waals surface area contributed by atoms with Gasteiger partial charge in [0, 0.05) is 35.2 Å². The average Bonchev–Trinajstić information content (AvgIpc) is 2.27. The lowest BCUT2D eigenvalue weighted by Gasteiger charge is -2.25. The minimum Gasteiger partial charge on any atom is -0.315 e. The molecule has 1 aliphatic heterocycles. The second-order valence-corrected chi connectivity index (χ2v) is 5.08. The van der Waals surface area contributed by atoms with Crippen LogP contribution in [0.15, 0.2) is 41.0 Å². The van der Waals surface area contributed by atoms with E-state index in [4.69, 9.17) is 0 Å². The van der Waals surface area contributed by atoms with E-state index in [2.05, 4.69) is 43.3 Å². The number of halogens is 1. The van der Waals surface area contributed by atoms with Gasteiger partial charge in [-0.25, -0.2) is 9.97 Å². The molecule has 3 rings (SSSR count). The number of hydrogen-bond donors (Lipinski definition) is 1. The average molecular weight is 290 g/mol. The highest BCUT2D eigenvalue weighted by Crippen LogP contribution is 2.23. The van der Waals surface area contributed by atoms with Crippen LogP contribution in [0.4, 0.5) is 0 Å². The number of hydrogen-bond acceptors (Lipinski definition) is 3. The molecular weight excluding hydrogens is 278 g/mol. The molecule has 0 aliphatic carbocycles. The SMILES string of the molecule is Brc1cccc(-c2ccnc(C3CNC3)n2)c1. The van der Waals surface area contributed by atoms with Gasteiger partial charge in [-0.1, -0.05) is 28.1 Å². The normalized spacial score (nSPS) is 15.6. The van der Waals surface area contributed by atoms with Crippen LogP contribution in [0.5, 0.6) is 0 Å². The molecule has 1 fully saturated rings. The number of aromatic nitrogens is 2. The van der Waals surface area contributed by atoms with Crippen LogP contribution in [0.25, 0.3) is 11.3 Å². The van der Waals surface area contributed by atoms with Gasteiger partial charge in [0.15, 0.2) is 0 Å². The van der Waals surface area contributed by atoms with Gasteiger partial charge in [-0.15, -0.1) is 0 Å². The Balaban J connectivity index is 1.97. The monoisotopic (exact) mass is 289 g/mol. The summed E-state index contributed by atoms with van der Waals surface area (Å²) >= 11 is 3.48. The summed E-state index contributed by atoms with van der Waals surface area (Å²) in [4.78, 5) is 8.98. The van der Waals surface area contributed by atoms with Crippen LogP contribution in [0, 0.1) is 0 Å². The van der Waals surface area contributed by atoms with Crippen LogP contribution in [0.2, 0.25) is 0 Å². The highest BCUT2D eigenvalue weighted by molar-refractivity contribution is 9.10. The Morgan fingerprint density at radius 1 is 1.24 bits per heavy atom. The molecule has 1 saturated heterocycles. The Hall–Kier alpha value is -1.26. The van der Waals surface area contributed by atoms with E-state index >= 15 is 0 Å². The molecular formula is C13H12BrN3. The fourth-order valence-electron chi connectivity index (χ4n) is 1.85. The van der Waals surface area contributed by atoms with Gasteiger partial charge in [-0.2, -0.15) is 0 Å². The van der Waals surface area contributed by atoms with Gasteiger partial charge in [-0.05, 0) is 18.2 Å². The highest BCUT2D eigenvalue weighted by atomic mass is 79.9. The maximum Gasteiger partial charge on any atom is 0.134 e. The second kappa shape index (κ2) is 4.55. The van der Waals surface area contributed by atoms with Gasteiger partial charge in [0.1, 0.15) is 5.82 Å². The molecule has 2 aromatic rings. The van der Waals surface area contributed by atoms with E-state index < -0.39 is 0 Å². The summed E-state index contributed by atoms with van der Waals surface area (Å²) in [6.45, 7) is 1.98. The topological polar surface area (TPSA) is 37.8 Å². The lowest BCUT2D eigenvalue weighted by Crippen LogP contribution is -2.40. The maximum atomic E-state index is 4.63. The fourth-order valence-corrected chi connectivity index (χ4v) is 2.25. The molecule has 0 saturated carbocycles. The Kier molecular flexibility index (Phi) is 2.91. The Bertz CT molecular complexity index is 538. The molecule has 0 atom stereocenters. The van der Waals surface area contributed by atoms with Gasteiger partial charge < -0.3 is 5.32 Å². The van der Waals surface area contributed by atoms with Gasteiger partial charge in [0.05, 0.1) is 5.69 Å². The first-order valence-corrected chi connectivity index (χ1v) is 6.42. The van der Waals surface area contributed by atoms with Crippen molar-refractivity contribution in [2.75, 3.05) is 13.1 Å². The Labute approximate surface area is 108 Å². The number of nitrogens with one attached hydrogen (secondary N) is 1. The van der Waals surface area contributed by atoms with E-state index in [-0.39, 0.29) is 0 Å². The predicted octanol–water partition coefficient (Wildman–Crippen LogP) is 2.59.